The average Bonchev–Trinajstić information content (AvgIpc) is 2.90. The zero-order valence-electron chi connectivity index (χ0n) is 12.4. The molecule has 0 amide bonds. The van der Waals surface area contributed by atoms with Gasteiger partial charge < -0.3 is 9.84 Å². The second kappa shape index (κ2) is 6.41. The fourth-order valence-corrected chi connectivity index (χ4v) is 2.64. The van der Waals surface area contributed by atoms with Gasteiger partial charge in [-0.3, -0.25) is 0 Å². The normalized spacial score (nSPS) is 11.8. The highest BCUT2D eigenvalue weighted by atomic mass is 32.2. The largest absolute Gasteiger partial charge is 0.337 e. The van der Waals surface area contributed by atoms with Crippen molar-refractivity contribution in [3.63, 3.8) is 0 Å². The Labute approximate surface area is 124 Å². The van der Waals surface area contributed by atoms with Crippen LogP contribution in [0.1, 0.15) is 33.6 Å². The van der Waals surface area contributed by atoms with Crippen molar-refractivity contribution in [3.8, 4) is 11.4 Å². The molecule has 0 unspecified atom stereocenters. The van der Waals surface area contributed by atoms with Crippen molar-refractivity contribution in [1.82, 2.24) is 15.5 Å². The van der Waals surface area contributed by atoms with E-state index >= 15 is 0 Å². The quantitative estimate of drug-likeness (QED) is 0.823. The van der Waals surface area contributed by atoms with Gasteiger partial charge in [0.1, 0.15) is 0 Å². The van der Waals surface area contributed by atoms with Crippen molar-refractivity contribution in [1.29, 1.82) is 0 Å². The topological polar surface area (TPSA) is 51.0 Å². The molecule has 2 rings (SSSR count). The van der Waals surface area contributed by atoms with Gasteiger partial charge in [0.05, 0.1) is 5.54 Å². The smallest absolute Gasteiger partial charge is 0.246 e. The summed E-state index contributed by atoms with van der Waals surface area (Å²) in [5, 5.41) is 7.41. The van der Waals surface area contributed by atoms with Gasteiger partial charge in [-0.1, -0.05) is 19.0 Å². The molecule has 108 valence electrons. The van der Waals surface area contributed by atoms with Crippen LogP contribution in [-0.4, -0.2) is 22.4 Å². The van der Waals surface area contributed by atoms with Crippen molar-refractivity contribution in [3.05, 3.63) is 30.2 Å². The Morgan fingerprint density at radius 3 is 2.50 bits per heavy atom. The molecular formula is C15H21N3OS. The molecule has 0 radical (unpaired) electrons. The Hall–Kier alpha value is -1.33. The molecule has 1 heterocycles. The molecule has 0 spiro atoms. The highest BCUT2D eigenvalue weighted by Crippen LogP contribution is 2.24. The molecule has 20 heavy (non-hydrogen) atoms. The molecule has 0 atom stereocenters. The summed E-state index contributed by atoms with van der Waals surface area (Å²) in [5.41, 5.74) is 0.672. The van der Waals surface area contributed by atoms with Crippen LogP contribution in [0.25, 0.3) is 11.4 Å². The Balaban J connectivity index is 2.20. The summed E-state index contributed by atoms with van der Waals surface area (Å²) >= 11 is 1.82. The minimum Gasteiger partial charge on any atom is -0.337 e. The monoisotopic (exact) mass is 291 g/mol. The predicted octanol–water partition coefficient (Wildman–Crippen LogP) is 3.69. The maximum atomic E-state index is 5.39. The molecule has 5 heteroatoms. The molecular weight excluding hydrogens is 270 g/mol. The van der Waals surface area contributed by atoms with Crippen molar-refractivity contribution in [2.24, 2.45) is 0 Å². The first-order valence-corrected chi connectivity index (χ1v) is 7.88. The lowest BCUT2D eigenvalue weighted by atomic mass is 10.1. The fraction of sp³-hybridized carbons (Fsp3) is 0.467. The van der Waals surface area contributed by atoms with E-state index < -0.39 is 0 Å². The first-order chi connectivity index (χ1) is 9.56. The van der Waals surface area contributed by atoms with Crippen LogP contribution in [0.2, 0.25) is 0 Å². The molecule has 0 saturated heterocycles. The molecule has 2 aromatic rings. The van der Waals surface area contributed by atoms with E-state index in [1.54, 1.807) is 0 Å². The molecule has 1 N–H and O–H groups in total. The molecule has 4 nitrogen and oxygen atoms in total. The second-order valence-corrected chi connectivity index (χ2v) is 6.37. The number of nitrogens with one attached hydrogen (secondary N) is 1. The highest BCUT2D eigenvalue weighted by Gasteiger charge is 2.26. The second-order valence-electron chi connectivity index (χ2n) is 5.04. The Morgan fingerprint density at radius 1 is 1.20 bits per heavy atom. The third kappa shape index (κ3) is 3.41. The Bertz CT molecular complexity index is 549. The van der Waals surface area contributed by atoms with Crippen LogP contribution in [0.5, 0.6) is 0 Å². The Kier molecular flexibility index (Phi) is 4.83. The van der Waals surface area contributed by atoms with Gasteiger partial charge in [0.2, 0.25) is 11.7 Å². The zero-order valence-corrected chi connectivity index (χ0v) is 13.3. The third-order valence-electron chi connectivity index (χ3n) is 3.00. The molecule has 0 aliphatic rings. The van der Waals surface area contributed by atoms with E-state index in [2.05, 4.69) is 41.4 Å². The average molecular weight is 291 g/mol. The summed E-state index contributed by atoms with van der Waals surface area (Å²) in [6.45, 7) is 9.13. The zero-order chi connectivity index (χ0) is 14.6. The number of hydrogen-bond donors (Lipinski definition) is 1. The SMILES string of the molecule is CCNC(C)(C)c1nc(-c2ccc(SCC)cc2)no1. The van der Waals surface area contributed by atoms with Gasteiger partial charge in [0.25, 0.3) is 0 Å². The first-order valence-electron chi connectivity index (χ1n) is 6.89. The van der Waals surface area contributed by atoms with Gasteiger partial charge in [0.15, 0.2) is 0 Å². The maximum absolute atomic E-state index is 5.39. The summed E-state index contributed by atoms with van der Waals surface area (Å²) < 4.78 is 5.39. The predicted molar refractivity (Wildman–Crippen MR) is 82.8 cm³/mol. The Morgan fingerprint density at radius 2 is 1.90 bits per heavy atom. The summed E-state index contributed by atoms with van der Waals surface area (Å²) in [4.78, 5) is 5.76. The lowest BCUT2D eigenvalue weighted by molar-refractivity contribution is 0.272. The number of hydrogen-bond acceptors (Lipinski definition) is 5. The lowest BCUT2D eigenvalue weighted by Crippen LogP contribution is -2.36. The van der Waals surface area contributed by atoms with E-state index in [9.17, 15) is 0 Å². The van der Waals surface area contributed by atoms with Crippen LogP contribution >= 0.6 is 11.8 Å². The van der Waals surface area contributed by atoms with Gasteiger partial charge in [-0.15, -0.1) is 11.8 Å². The van der Waals surface area contributed by atoms with Crippen LogP contribution < -0.4 is 5.32 Å². The van der Waals surface area contributed by atoms with Gasteiger partial charge in [-0.05, 0) is 50.4 Å². The summed E-state index contributed by atoms with van der Waals surface area (Å²) in [5.74, 6) is 2.32. The minimum absolute atomic E-state index is 0.308. The summed E-state index contributed by atoms with van der Waals surface area (Å²) in [6, 6.07) is 8.25. The van der Waals surface area contributed by atoms with Crippen LogP contribution in [0.15, 0.2) is 33.7 Å². The molecule has 0 bridgehead atoms. The maximum Gasteiger partial charge on any atom is 0.246 e. The number of nitrogens with zero attached hydrogens (tertiary/aromatic N) is 2. The van der Waals surface area contributed by atoms with Crippen LogP contribution in [0.4, 0.5) is 0 Å². The third-order valence-corrected chi connectivity index (χ3v) is 3.90. The number of rotatable bonds is 6. The van der Waals surface area contributed by atoms with Crippen molar-refractivity contribution in [2.75, 3.05) is 12.3 Å². The molecule has 0 fully saturated rings. The highest BCUT2D eigenvalue weighted by molar-refractivity contribution is 7.99. The summed E-state index contributed by atoms with van der Waals surface area (Å²) in [7, 11) is 0. The van der Waals surface area contributed by atoms with Gasteiger partial charge in [-0.25, -0.2) is 0 Å². The minimum atomic E-state index is -0.308. The number of aromatic nitrogens is 2. The standard InChI is InChI=1S/C15H21N3OS/c1-5-16-15(3,4)14-17-13(18-19-14)11-7-9-12(10-8-11)20-6-2/h7-10,16H,5-6H2,1-4H3. The van der Waals surface area contributed by atoms with E-state index in [-0.39, 0.29) is 5.54 Å². The summed E-state index contributed by atoms with van der Waals surface area (Å²) in [6.07, 6.45) is 0. The molecule has 1 aromatic carbocycles. The van der Waals surface area contributed by atoms with Crippen LogP contribution in [0, 0.1) is 0 Å². The molecule has 0 aliphatic carbocycles. The fourth-order valence-electron chi connectivity index (χ4n) is 1.98. The van der Waals surface area contributed by atoms with E-state index in [0.717, 1.165) is 17.9 Å². The molecule has 1 aromatic heterocycles. The van der Waals surface area contributed by atoms with Crippen LogP contribution in [-0.2, 0) is 5.54 Å². The lowest BCUT2D eigenvalue weighted by Gasteiger charge is -2.20. The van der Waals surface area contributed by atoms with Gasteiger partial charge in [0, 0.05) is 10.5 Å². The number of thioether (sulfide) groups is 1. The van der Waals surface area contributed by atoms with Gasteiger partial charge >= 0.3 is 0 Å². The first kappa shape index (κ1) is 15.1. The van der Waals surface area contributed by atoms with Crippen molar-refractivity contribution < 1.29 is 4.52 Å². The van der Waals surface area contributed by atoms with E-state index in [1.807, 2.05) is 37.7 Å². The van der Waals surface area contributed by atoms with Gasteiger partial charge in [-0.2, -0.15) is 4.98 Å². The van der Waals surface area contributed by atoms with Crippen molar-refractivity contribution in [2.45, 2.75) is 38.1 Å². The van der Waals surface area contributed by atoms with E-state index in [4.69, 9.17) is 4.52 Å². The van der Waals surface area contributed by atoms with Crippen LogP contribution in [0.3, 0.4) is 0 Å². The van der Waals surface area contributed by atoms with E-state index in [1.165, 1.54) is 4.90 Å². The molecule has 0 saturated carbocycles. The van der Waals surface area contributed by atoms with Crippen molar-refractivity contribution >= 4 is 11.8 Å². The van der Waals surface area contributed by atoms with E-state index in [0.29, 0.717) is 11.7 Å². The number of benzene rings is 1. The molecule has 0 aliphatic heterocycles.